The molecule has 6 heteroatoms. The van der Waals surface area contributed by atoms with E-state index in [1.807, 2.05) is 13.0 Å². The standard InChI is InChI=1S/C15H19ClN2O3/c1-10-4-5-11(16)8-12(10)17-14(21)18-15(9-13(19)20)6-2-3-7-15/h4-5,8H,2-3,6-7,9H2,1H3,(H,19,20)(H2,17,18,21). The topological polar surface area (TPSA) is 78.4 Å². The number of aryl methyl sites for hydroxylation is 1. The maximum absolute atomic E-state index is 12.2. The summed E-state index contributed by atoms with van der Waals surface area (Å²) in [6.45, 7) is 1.87. The quantitative estimate of drug-likeness (QED) is 0.795. The Bertz CT molecular complexity index is 554. The van der Waals surface area contributed by atoms with Gasteiger partial charge < -0.3 is 15.7 Å². The largest absolute Gasteiger partial charge is 0.481 e. The Labute approximate surface area is 128 Å². The summed E-state index contributed by atoms with van der Waals surface area (Å²) in [4.78, 5) is 23.2. The molecule has 114 valence electrons. The summed E-state index contributed by atoms with van der Waals surface area (Å²) in [6, 6.07) is 4.86. The molecule has 0 aromatic heterocycles. The number of halogens is 1. The average Bonchev–Trinajstić information content (AvgIpc) is 2.80. The predicted octanol–water partition coefficient (Wildman–Crippen LogP) is 3.56. The van der Waals surface area contributed by atoms with E-state index in [-0.39, 0.29) is 12.5 Å². The Morgan fingerprint density at radius 3 is 2.62 bits per heavy atom. The van der Waals surface area contributed by atoms with Crippen molar-refractivity contribution >= 4 is 29.3 Å². The van der Waals surface area contributed by atoms with Gasteiger partial charge in [0.05, 0.1) is 12.0 Å². The van der Waals surface area contributed by atoms with Crippen molar-refractivity contribution in [1.29, 1.82) is 0 Å². The van der Waals surface area contributed by atoms with E-state index in [1.54, 1.807) is 12.1 Å². The number of nitrogens with one attached hydrogen (secondary N) is 2. The summed E-state index contributed by atoms with van der Waals surface area (Å²) in [5, 5.41) is 15.2. The Balaban J connectivity index is 2.06. The smallest absolute Gasteiger partial charge is 0.319 e. The Morgan fingerprint density at radius 1 is 1.33 bits per heavy atom. The van der Waals surface area contributed by atoms with E-state index in [0.29, 0.717) is 23.6 Å². The zero-order chi connectivity index (χ0) is 15.5. The number of anilines is 1. The summed E-state index contributed by atoms with van der Waals surface area (Å²) in [7, 11) is 0. The van der Waals surface area contributed by atoms with Crippen LogP contribution in [-0.4, -0.2) is 22.6 Å². The molecule has 1 aromatic rings. The number of carbonyl (C=O) groups excluding carboxylic acids is 1. The lowest BCUT2D eigenvalue weighted by molar-refractivity contribution is -0.138. The molecule has 2 rings (SSSR count). The zero-order valence-electron chi connectivity index (χ0n) is 11.9. The summed E-state index contributed by atoms with van der Waals surface area (Å²) in [5.41, 5.74) is 0.888. The SMILES string of the molecule is Cc1ccc(Cl)cc1NC(=O)NC1(CC(=O)O)CCCC1. The third kappa shape index (κ3) is 4.11. The number of amides is 2. The molecular weight excluding hydrogens is 292 g/mol. The third-order valence-corrected chi connectivity index (χ3v) is 4.11. The second kappa shape index (κ2) is 6.35. The van der Waals surface area contributed by atoms with E-state index in [2.05, 4.69) is 10.6 Å². The van der Waals surface area contributed by atoms with Gasteiger partial charge in [0, 0.05) is 10.7 Å². The molecule has 0 atom stereocenters. The van der Waals surface area contributed by atoms with Crippen LogP contribution in [0.1, 0.15) is 37.7 Å². The number of hydrogen-bond donors (Lipinski definition) is 3. The van der Waals surface area contributed by atoms with E-state index in [4.69, 9.17) is 16.7 Å². The highest BCUT2D eigenvalue weighted by molar-refractivity contribution is 6.31. The van der Waals surface area contributed by atoms with E-state index >= 15 is 0 Å². The van der Waals surface area contributed by atoms with Crippen molar-refractivity contribution in [2.24, 2.45) is 0 Å². The molecule has 0 spiro atoms. The van der Waals surface area contributed by atoms with E-state index < -0.39 is 11.5 Å². The van der Waals surface area contributed by atoms with Crippen LogP contribution in [0.25, 0.3) is 0 Å². The molecule has 1 saturated carbocycles. The van der Waals surface area contributed by atoms with Crippen molar-refractivity contribution in [3.8, 4) is 0 Å². The number of carbonyl (C=O) groups is 2. The Kier molecular flexibility index (Phi) is 4.73. The molecule has 3 N–H and O–H groups in total. The first-order chi connectivity index (χ1) is 9.90. The number of urea groups is 1. The van der Waals surface area contributed by atoms with Gasteiger partial charge in [-0.05, 0) is 37.5 Å². The minimum atomic E-state index is -0.892. The van der Waals surface area contributed by atoms with Gasteiger partial charge in [0.1, 0.15) is 0 Å². The molecule has 2 amide bonds. The fourth-order valence-electron chi connectivity index (χ4n) is 2.81. The normalized spacial score (nSPS) is 16.5. The molecule has 0 unspecified atom stereocenters. The van der Waals surface area contributed by atoms with Crippen LogP contribution in [0.5, 0.6) is 0 Å². The lowest BCUT2D eigenvalue weighted by Gasteiger charge is -2.28. The molecule has 0 heterocycles. The number of hydrogen-bond acceptors (Lipinski definition) is 2. The molecule has 0 radical (unpaired) electrons. The summed E-state index contributed by atoms with van der Waals surface area (Å²) >= 11 is 5.92. The highest BCUT2D eigenvalue weighted by Crippen LogP contribution is 2.32. The van der Waals surface area contributed by atoms with Gasteiger partial charge in [-0.1, -0.05) is 30.5 Å². The predicted molar refractivity (Wildman–Crippen MR) is 81.8 cm³/mol. The summed E-state index contributed by atoms with van der Waals surface area (Å²) in [6.07, 6.45) is 3.21. The molecule has 1 aromatic carbocycles. The van der Waals surface area contributed by atoms with Crippen LogP contribution >= 0.6 is 11.6 Å². The molecule has 0 bridgehead atoms. The van der Waals surface area contributed by atoms with Gasteiger partial charge in [-0.25, -0.2) is 4.79 Å². The van der Waals surface area contributed by atoms with Gasteiger partial charge in [0.2, 0.25) is 0 Å². The molecule has 21 heavy (non-hydrogen) atoms. The van der Waals surface area contributed by atoms with E-state index in [0.717, 1.165) is 18.4 Å². The third-order valence-electron chi connectivity index (χ3n) is 3.88. The van der Waals surface area contributed by atoms with Gasteiger partial charge in [0.15, 0.2) is 0 Å². The highest BCUT2D eigenvalue weighted by Gasteiger charge is 2.37. The van der Waals surface area contributed by atoms with Crippen molar-refractivity contribution in [3.63, 3.8) is 0 Å². The number of benzene rings is 1. The van der Waals surface area contributed by atoms with E-state index in [1.165, 1.54) is 0 Å². The first kappa shape index (κ1) is 15.6. The molecule has 0 aliphatic heterocycles. The molecule has 0 saturated heterocycles. The second-order valence-corrected chi connectivity index (χ2v) is 6.03. The average molecular weight is 311 g/mol. The molecular formula is C15H19ClN2O3. The molecule has 1 fully saturated rings. The maximum Gasteiger partial charge on any atom is 0.319 e. The first-order valence-corrected chi connectivity index (χ1v) is 7.35. The molecule has 5 nitrogen and oxygen atoms in total. The lowest BCUT2D eigenvalue weighted by atomic mass is 9.93. The monoisotopic (exact) mass is 310 g/mol. The molecule has 1 aliphatic rings. The van der Waals surface area contributed by atoms with Gasteiger partial charge in [-0.15, -0.1) is 0 Å². The summed E-state index contributed by atoms with van der Waals surface area (Å²) < 4.78 is 0. The van der Waals surface area contributed by atoms with Crippen LogP contribution in [0.15, 0.2) is 18.2 Å². The maximum atomic E-state index is 12.2. The van der Waals surface area contributed by atoms with Gasteiger partial charge in [-0.2, -0.15) is 0 Å². The lowest BCUT2D eigenvalue weighted by Crippen LogP contribution is -2.49. The van der Waals surface area contributed by atoms with Gasteiger partial charge >= 0.3 is 12.0 Å². The first-order valence-electron chi connectivity index (χ1n) is 6.97. The number of rotatable bonds is 4. The van der Waals surface area contributed by atoms with Crippen molar-refractivity contribution in [3.05, 3.63) is 28.8 Å². The van der Waals surface area contributed by atoms with Crippen LogP contribution < -0.4 is 10.6 Å². The fourth-order valence-corrected chi connectivity index (χ4v) is 2.98. The van der Waals surface area contributed by atoms with Crippen LogP contribution in [0, 0.1) is 6.92 Å². The van der Waals surface area contributed by atoms with Gasteiger partial charge in [0.25, 0.3) is 0 Å². The van der Waals surface area contributed by atoms with Crippen molar-refractivity contribution < 1.29 is 14.7 Å². The van der Waals surface area contributed by atoms with Crippen molar-refractivity contribution in [2.45, 2.75) is 44.6 Å². The number of aliphatic carboxylic acids is 1. The Morgan fingerprint density at radius 2 is 2.00 bits per heavy atom. The Hall–Kier alpha value is -1.75. The van der Waals surface area contributed by atoms with Crippen molar-refractivity contribution in [2.75, 3.05) is 5.32 Å². The zero-order valence-corrected chi connectivity index (χ0v) is 12.7. The van der Waals surface area contributed by atoms with Crippen LogP contribution in [0.2, 0.25) is 5.02 Å². The number of carboxylic acid groups (broad SMARTS) is 1. The summed E-state index contributed by atoms with van der Waals surface area (Å²) in [5.74, 6) is -0.892. The van der Waals surface area contributed by atoms with Crippen molar-refractivity contribution in [1.82, 2.24) is 5.32 Å². The van der Waals surface area contributed by atoms with Crippen LogP contribution in [-0.2, 0) is 4.79 Å². The van der Waals surface area contributed by atoms with Crippen LogP contribution in [0.4, 0.5) is 10.5 Å². The minimum Gasteiger partial charge on any atom is -0.481 e. The van der Waals surface area contributed by atoms with E-state index in [9.17, 15) is 9.59 Å². The second-order valence-electron chi connectivity index (χ2n) is 5.60. The highest BCUT2D eigenvalue weighted by atomic mass is 35.5. The van der Waals surface area contributed by atoms with Gasteiger partial charge in [-0.3, -0.25) is 4.79 Å². The molecule has 1 aliphatic carbocycles. The fraction of sp³-hybridized carbons (Fsp3) is 0.467. The minimum absolute atomic E-state index is 0.0467. The van der Waals surface area contributed by atoms with Crippen LogP contribution in [0.3, 0.4) is 0 Å². The number of carboxylic acids is 1.